The molecule has 0 spiro atoms. The monoisotopic (exact) mass is 650 g/mol. The molecule has 1 unspecified atom stereocenters. The third kappa shape index (κ3) is 7.02. The predicted molar refractivity (Wildman–Crippen MR) is 164 cm³/mol. The molecule has 2 aliphatic carbocycles. The van der Waals surface area contributed by atoms with Crippen molar-refractivity contribution in [2.75, 3.05) is 0 Å². The van der Waals surface area contributed by atoms with Crippen LogP contribution in [0, 0.1) is 5.92 Å². The van der Waals surface area contributed by atoms with Gasteiger partial charge in [-0.1, -0.05) is 45.6 Å². The zero-order valence-electron chi connectivity index (χ0n) is 28.3. The summed E-state index contributed by atoms with van der Waals surface area (Å²) in [7, 11) is 0. The van der Waals surface area contributed by atoms with Crippen molar-refractivity contribution in [1.29, 1.82) is 0 Å². The first-order chi connectivity index (χ1) is 21.5. The van der Waals surface area contributed by atoms with E-state index in [0.29, 0.717) is 12.8 Å². The van der Waals surface area contributed by atoms with Crippen molar-refractivity contribution < 1.29 is 57.9 Å². The third-order valence-electron chi connectivity index (χ3n) is 9.51. The van der Waals surface area contributed by atoms with Gasteiger partial charge in [0, 0.05) is 31.8 Å². The SMILES string of the molecule is C/C=C(/C)C(=O)O[C@@H]1C(C)=C2C3OC(=O)[C@@](C)(O)[C@@]3(O)[C@H](OC(=O)CCC)C[C@@](C)(OC(C)=O)[C@H]2[C@@H]1OC(=O)CCCCCCC. The second-order valence-electron chi connectivity index (χ2n) is 13.1. The maximum atomic E-state index is 13.3. The molecule has 1 aliphatic heterocycles. The Morgan fingerprint density at radius 3 is 2.15 bits per heavy atom. The molecule has 1 saturated heterocycles. The second-order valence-corrected chi connectivity index (χ2v) is 13.1. The molecular formula is C34H50O12. The molecule has 0 bridgehead atoms. The zero-order chi connectivity index (χ0) is 34.6. The van der Waals surface area contributed by atoms with Gasteiger partial charge in [-0.25, -0.2) is 9.59 Å². The molecule has 0 amide bonds. The number of rotatable bonds is 13. The highest BCUT2D eigenvalue weighted by Crippen LogP contribution is 2.57. The summed E-state index contributed by atoms with van der Waals surface area (Å²) >= 11 is 0. The van der Waals surface area contributed by atoms with Crippen molar-refractivity contribution in [3.63, 3.8) is 0 Å². The van der Waals surface area contributed by atoms with Gasteiger partial charge in [0.05, 0.1) is 5.92 Å². The molecule has 3 rings (SSSR count). The Labute approximate surface area is 270 Å². The highest BCUT2D eigenvalue weighted by molar-refractivity contribution is 5.88. The van der Waals surface area contributed by atoms with E-state index in [-0.39, 0.29) is 29.6 Å². The number of carbonyl (C=O) groups is 5. The predicted octanol–water partition coefficient (Wildman–Crippen LogP) is 3.93. The molecule has 12 nitrogen and oxygen atoms in total. The Bertz CT molecular complexity index is 1260. The molecule has 0 aromatic carbocycles. The Morgan fingerprint density at radius 2 is 1.57 bits per heavy atom. The molecule has 1 saturated carbocycles. The number of hydrogen-bond donors (Lipinski definition) is 2. The quantitative estimate of drug-likeness (QED) is 0.0969. The summed E-state index contributed by atoms with van der Waals surface area (Å²) in [6.07, 6.45) is 0.272. The fourth-order valence-electron chi connectivity index (χ4n) is 6.90. The molecule has 0 aromatic heterocycles. The number of ether oxygens (including phenoxy) is 5. The molecule has 1 heterocycles. The van der Waals surface area contributed by atoms with Crippen LogP contribution in [0.4, 0.5) is 0 Å². The van der Waals surface area contributed by atoms with E-state index in [1.807, 2.05) is 0 Å². The molecule has 3 aliphatic rings. The number of fused-ring (bicyclic) bond motifs is 3. The summed E-state index contributed by atoms with van der Waals surface area (Å²) in [5.41, 5.74) is -6.12. The van der Waals surface area contributed by atoms with Gasteiger partial charge >= 0.3 is 29.8 Å². The minimum absolute atomic E-state index is 0.0234. The summed E-state index contributed by atoms with van der Waals surface area (Å²) in [5, 5.41) is 23.9. The van der Waals surface area contributed by atoms with E-state index in [4.69, 9.17) is 23.7 Å². The van der Waals surface area contributed by atoms with Crippen molar-refractivity contribution in [3.8, 4) is 0 Å². The van der Waals surface area contributed by atoms with E-state index in [2.05, 4.69) is 6.92 Å². The Kier molecular flexibility index (Phi) is 11.9. The normalized spacial score (nSPS) is 33.8. The summed E-state index contributed by atoms with van der Waals surface area (Å²) in [4.78, 5) is 65.1. The zero-order valence-corrected chi connectivity index (χ0v) is 28.3. The van der Waals surface area contributed by atoms with Gasteiger partial charge in [0.15, 0.2) is 29.5 Å². The molecular weight excluding hydrogens is 600 g/mol. The van der Waals surface area contributed by atoms with Crippen LogP contribution in [0.1, 0.15) is 113 Å². The van der Waals surface area contributed by atoms with Crippen molar-refractivity contribution in [2.24, 2.45) is 5.92 Å². The first-order valence-corrected chi connectivity index (χ1v) is 16.3. The topological polar surface area (TPSA) is 172 Å². The molecule has 0 aromatic rings. The highest BCUT2D eigenvalue weighted by atomic mass is 16.6. The Hall–Kier alpha value is -3.25. The number of esters is 5. The first-order valence-electron chi connectivity index (χ1n) is 16.3. The summed E-state index contributed by atoms with van der Waals surface area (Å²) in [6, 6.07) is 0. The van der Waals surface area contributed by atoms with Crippen LogP contribution in [0.2, 0.25) is 0 Å². The third-order valence-corrected chi connectivity index (χ3v) is 9.51. The summed E-state index contributed by atoms with van der Waals surface area (Å²) in [5.74, 6) is -5.03. The van der Waals surface area contributed by atoms with E-state index < -0.39 is 83.4 Å². The van der Waals surface area contributed by atoms with E-state index >= 15 is 0 Å². The smallest absolute Gasteiger partial charge is 0.341 e. The van der Waals surface area contributed by atoms with Gasteiger partial charge in [0.25, 0.3) is 0 Å². The van der Waals surface area contributed by atoms with E-state index in [0.717, 1.165) is 32.6 Å². The van der Waals surface area contributed by atoms with E-state index in [1.54, 1.807) is 33.8 Å². The van der Waals surface area contributed by atoms with Crippen LogP contribution in [0.15, 0.2) is 22.8 Å². The molecule has 2 fully saturated rings. The summed E-state index contributed by atoms with van der Waals surface area (Å²) in [6.45, 7) is 12.4. The van der Waals surface area contributed by atoms with Crippen molar-refractivity contribution >= 4 is 29.8 Å². The highest BCUT2D eigenvalue weighted by Gasteiger charge is 2.76. The largest absolute Gasteiger partial charge is 0.459 e. The minimum Gasteiger partial charge on any atom is -0.459 e. The second kappa shape index (κ2) is 14.7. The lowest BCUT2D eigenvalue weighted by Crippen LogP contribution is -2.64. The van der Waals surface area contributed by atoms with Crippen molar-refractivity contribution in [1.82, 2.24) is 0 Å². The number of hydrogen-bond acceptors (Lipinski definition) is 12. The lowest BCUT2D eigenvalue weighted by molar-refractivity contribution is -0.212. The van der Waals surface area contributed by atoms with Crippen LogP contribution >= 0.6 is 0 Å². The van der Waals surface area contributed by atoms with Crippen LogP contribution in [-0.4, -0.2) is 81.3 Å². The van der Waals surface area contributed by atoms with Crippen LogP contribution in [0.25, 0.3) is 0 Å². The van der Waals surface area contributed by atoms with Crippen molar-refractivity contribution in [2.45, 2.75) is 154 Å². The van der Waals surface area contributed by atoms with Crippen LogP contribution in [0.5, 0.6) is 0 Å². The molecule has 258 valence electrons. The van der Waals surface area contributed by atoms with Gasteiger partial charge in [-0.05, 0) is 58.6 Å². The average Bonchev–Trinajstić information content (AvgIpc) is 3.30. The first kappa shape index (κ1) is 37.2. The van der Waals surface area contributed by atoms with Gasteiger partial charge in [-0.3, -0.25) is 14.4 Å². The molecule has 0 radical (unpaired) electrons. The lowest BCUT2D eigenvalue weighted by Gasteiger charge is -2.41. The lowest BCUT2D eigenvalue weighted by atomic mass is 9.75. The number of aliphatic hydroxyl groups is 2. The van der Waals surface area contributed by atoms with Gasteiger partial charge < -0.3 is 33.9 Å². The van der Waals surface area contributed by atoms with Gasteiger partial charge in [0.2, 0.25) is 0 Å². The molecule has 8 atom stereocenters. The summed E-state index contributed by atoms with van der Waals surface area (Å²) < 4.78 is 29.3. The number of carbonyl (C=O) groups excluding carboxylic acids is 5. The van der Waals surface area contributed by atoms with Crippen LogP contribution in [-0.2, 0) is 47.7 Å². The Balaban J connectivity index is 2.23. The standard InChI is InChI=1S/C34H50O12/c1-9-12-13-14-15-17-24(37)43-28-26-25(20(5)27(28)44-30(38)19(4)11-3)29-34(41,33(8,40)31(39)45-29)22(42-23(36)16-10-2)18-32(26,7)46-21(6)35/h11,22,26-29,40-41H,9-10,12-18H2,1-8H3/b19-11-/t22-,26-,27-,28+,29?,32-,33-,34-/m1/s1. The maximum Gasteiger partial charge on any atom is 0.341 e. The number of allylic oxidation sites excluding steroid dienone is 1. The van der Waals surface area contributed by atoms with Crippen LogP contribution in [0.3, 0.4) is 0 Å². The molecule has 46 heavy (non-hydrogen) atoms. The number of unbranched alkanes of at least 4 members (excludes halogenated alkanes) is 4. The van der Waals surface area contributed by atoms with Gasteiger partial charge in [-0.2, -0.15) is 0 Å². The van der Waals surface area contributed by atoms with Gasteiger partial charge in [0.1, 0.15) is 11.7 Å². The average molecular weight is 651 g/mol. The minimum atomic E-state index is -2.57. The van der Waals surface area contributed by atoms with Crippen molar-refractivity contribution in [3.05, 3.63) is 22.8 Å². The maximum absolute atomic E-state index is 13.3. The van der Waals surface area contributed by atoms with Gasteiger partial charge in [-0.15, -0.1) is 0 Å². The fraction of sp³-hybridized carbons (Fsp3) is 0.735. The van der Waals surface area contributed by atoms with E-state index in [1.165, 1.54) is 13.8 Å². The molecule has 12 heteroatoms. The Morgan fingerprint density at radius 1 is 0.935 bits per heavy atom. The molecule has 2 N–H and O–H groups in total. The van der Waals surface area contributed by atoms with E-state index in [9.17, 15) is 34.2 Å². The fourth-order valence-corrected chi connectivity index (χ4v) is 6.90. The van der Waals surface area contributed by atoms with Crippen LogP contribution < -0.4 is 0 Å².